The highest BCUT2D eigenvalue weighted by Gasteiger charge is 2.23. The minimum absolute atomic E-state index is 0.0249. The molecule has 6 nitrogen and oxygen atoms in total. The van der Waals surface area contributed by atoms with Crippen LogP contribution in [0.15, 0.2) is 24.3 Å². The van der Waals surface area contributed by atoms with Crippen LogP contribution in [-0.4, -0.2) is 61.5 Å². The fourth-order valence-corrected chi connectivity index (χ4v) is 2.34. The van der Waals surface area contributed by atoms with Crippen molar-refractivity contribution < 1.29 is 14.3 Å². The van der Waals surface area contributed by atoms with Crippen molar-refractivity contribution >= 4 is 17.5 Å². The van der Waals surface area contributed by atoms with Crippen LogP contribution < -0.4 is 5.73 Å². The number of carbonyl (C=O) groups excluding carboxylic acids is 2. The fraction of sp³-hybridized carbons (Fsp3) is 0.467. The molecule has 1 aromatic rings. The molecule has 0 saturated carbocycles. The normalized spacial score (nSPS) is 15.1. The molecule has 0 bridgehead atoms. The number of hydrogen-bond acceptors (Lipinski definition) is 4. The molecule has 1 saturated heterocycles. The molecule has 2 amide bonds. The highest BCUT2D eigenvalue weighted by molar-refractivity contribution is 5.80. The van der Waals surface area contributed by atoms with Crippen molar-refractivity contribution in [2.75, 3.05) is 45.6 Å². The van der Waals surface area contributed by atoms with Crippen LogP contribution in [0.2, 0.25) is 0 Å². The Morgan fingerprint density at radius 2 is 1.57 bits per heavy atom. The van der Waals surface area contributed by atoms with Crippen molar-refractivity contribution in [2.24, 2.45) is 0 Å². The molecule has 0 spiro atoms. The molecule has 0 unspecified atom stereocenters. The van der Waals surface area contributed by atoms with Gasteiger partial charge in [-0.05, 0) is 17.7 Å². The van der Waals surface area contributed by atoms with Crippen LogP contribution in [0.4, 0.5) is 5.69 Å². The second-order valence-electron chi connectivity index (χ2n) is 5.11. The Bertz CT molecular complexity index is 493. The molecular weight excluding hydrogens is 270 g/mol. The second kappa shape index (κ2) is 7.08. The molecule has 0 aliphatic carbocycles. The van der Waals surface area contributed by atoms with Gasteiger partial charge in [-0.25, -0.2) is 0 Å². The molecule has 1 fully saturated rings. The summed E-state index contributed by atoms with van der Waals surface area (Å²) >= 11 is 0. The van der Waals surface area contributed by atoms with Crippen molar-refractivity contribution in [3.05, 3.63) is 29.8 Å². The third-order valence-corrected chi connectivity index (χ3v) is 3.59. The molecule has 2 rings (SSSR count). The van der Waals surface area contributed by atoms with Crippen molar-refractivity contribution in [1.82, 2.24) is 9.80 Å². The monoisotopic (exact) mass is 291 g/mol. The lowest BCUT2D eigenvalue weighted by Crippen LogP contribution is -2.51. The van der Waals surface area contributed by atoms with E-state index in [0.717, 1.165) is 5.56 Å². The van der Waals surface area contributed by atoms with Gasteiger partial charge in [-0.15, -0.1) is 0 Å². The first kappa shape index (κ1) is 15.3. The molecule has 114 valence electrons. The Kier molecular flexibility index (Phi) is 5.16. The maximum absolute atomic E-state index is 12.2. The van der Waals surface area contributed by atoms with E-state index in [2.05, 4.69) is 0 Å². The molecular formula is C15H21N3O3. The maximum Gasteiger partial charge on any atom is 0.248 e. The maximum atomic E-state index is 12.2. The van der Waals surface area contributed by atoms with Crippen molar-refractivity contribution in [2.45, 2.75) is 6.42 Å². The van der Waals surface area contributed by atoms with Gasteiger partial charge in [-0.3, -0.25) is 9.59 Å². The van der Waals surface area contributed by atoms with Crippen molar-refractivity contribution in [3.63, 3.8) is 0 Å². The molecule has 0 atom stereocenters. The smallest absolute Gasteiger partial charge is 0.248 e. The van der Waals surface area contributed by atoms with Gasteiger partial charge in [0.25, 0.3) is 0 Å². The molecule has 1 aliphatic rings. The predicted molar refractivity (Wildman–Crippen MR) is 79.6 cm³/mol. The van der Waals surface area contributed by atoms with E-state index in [4.69, 9.17) is 10.5 Å². The molecule has 21 heavy (non-hydrogen) atoms. The number of nitrogens with two attached hydrogens (primary N) is 1. The number of methoxy groups -OCH3 is 1. The summed E-state index contributed by atoms with van der Waals surface area (Å²) in [5.41, 5.74) is 7.27. The number of nitrogen functional groups attached to an aromatic ring is 1. The van der Waals surface area contributed by atoms with Crippen LogP contribution in [0.3, 0.4) is 0 Å². The van der Waals surface area contributed by atoms with E-state index in [0.29, 0.717) is 38.3 Å². The summed E-state index contributed by atoms with van der Waals surface area (Å²) in [6, 6.07) is 7.32. The number of piperazine rings is 1. The molecule has 2 N–H and O–H groups in total. The van der Waals surface area contributed by atoms with Crippen LogP contribution in [0.1, 0.15) is 5.56 Å². The van der Waals surface area contributed by atoms with Crippen LogP contribution >= 0.6 is 0 Å². The van der Waals surface area contributed by atoms with Gasteiger partial charge in [0, 0.05) is 39.0 Å². The minimum Gasteiger partial charge on any atom is -0.399 e. The second-order valence-corrected chi connectivity index (χ2v) is 5.11. The number of anilines is 1. The summed E-state index contributed by atoms with van der Waals surface area (Å²) in [6.07, 6.45) is 0.367. The first-order valence-corrected chi connectivity index (χ1v) is 6.99. The average Bonchev–Trinajstić information content (AvgIpc) is 2.50. The molecule has 6 heteroatoms. The third-order valence-electron chi connectivity index (χ3n) is 3.59. The fourth-order valence-electron chi connectivity index (χ4n) is 2.34. The number of benzene rings is 1. The lowest BCUT2D eigenvalue weighted by Gasteiger charge is -2.34. The van der Waals surface area contributed by atoms with E-state index in [9.17, 15) is 9.59 Å². The van der Waals surface area contributed by atoms with E-state index in [-0.39, 0.29) is 18.4 Å². The lowest BCUT2D eigenvalue weighted by atomic mass is 10.1. The number of hydrogen-bond donors (Lipinski definition) is 1. The Hall–Kier alpha value is -2.08. The summed E-state index contributed by atoms with van der Waals surface area (Å²) in [6.45, 7) is 2.37. The zero-order chi connectivity index (χ0) is 15.2. The van der Waals surface area contributed by atoms with Gasteiger partial charge in [0.15, 0.2) is 0 Å². The zero-order valence-corrected chi connectivity index (χ0v) is 12.2. The number of nitrogens with zero attached hydrogens (tertiary/aromatic N) is 2. The summed E-state index contributed by atoms with van der Waals surface area (Å²) in [5, 5.41) is 0. The summed E-state index contributed by atoms with van der Waals surface area (Å²) in [4.78, 5) is 27.4. The molecule has 1 aromatic carbocycles. The van der Waals surface area contributed by atoms with Crippen LogP contribution in [-0.2, 0) is 20.7 Å². The largest absolute Gasteiger partial charge is 0.399 e. The van der Waals surface area contributed by atoms with Crippen molar-refractivity contribution in [3.8, 4) is 0 Å². The number of rotatable bonds is 4. The van der Waals surface area contributed by atoms with Crippen LogP contribution in [0, 0.1) is 0 Å². The van der Waals surface area contributed by atoms with Gasteiger partial charge >= 0.3 is 0 Å². The first-order valence-electron chi connectivity index (χ1n) is 6.99. The minimum atomic E-state index is -0.0249. The van der Waals surface area contributed by atoms with E-state index >= 15 is 0 Å². The van der Waals surface area contributed by atoms with Gasteiger partial charge in [-0.1, -0.05) is 12.1 Å². The highest BCUT2D eigenvalue weighted by atomic mass is 16.5. The van der Waals surface area contributed by atoms with Crippen LogP contribution in [0.25, 0.3) is 0 Å². The first-order chi connectivity index (χ1) is 10.1. The van der Waals surface area contributed by atoms with Gasteiger partial charge in [0.1, 0.15) is 6.61 Å². The quantitative estimate of drug-likeness (QED) is 0.800. The van der Waals surface area contributed by atoms with E-state index < -0.39 is 0 Å². The molecule has 0 radical (unpaired) electrons. The Balaban J connectivity index is 1.83. The van der Waals surface area contributed by atoms with E-state index in [1.54, 1.807) is 21.9 Å². The Morgan fingerprint density at radius 3 is 2.10 bits per heavy atom. The predicted octanol–water partition coefficient (Wildman–Crippen LogP) is 0.129. The zero-order valence-electron chi connectivity index (χ0n) is 12.2. The van der Waals surface area contributed by atoms with Gasteiger partial charge in [0.05, 0.1) is 6.42 Å². The Labute approximate surface area is 124 Å². The SMILES string of the molecule is COCC(=O)N1CCN(C(=O)Cc2ccc(N)cc2)CC1. The number of ether oxygens (including phenoxy) is 1. The third kappa shape index (κ3) is 4.19. The molecule has 1 aliphatic heterocycles. The standard InChI is InChI=1S/C15H21N3O3/c1-21-11-15(20)18-8-6-17(7-9-18)14(19)10-12-2-4-13(16)5-3-12/h2-5H,6-11,16H2,1H3. The van der Waals surface area contributed by atoms with Gasteiger partial charge in [-0.2, -0.15) is 0 Å². The van der Waals surface area contributed by atoms with Gasteiger partial charge < -0.3 is 20.3 Å². The lowest BCUT2D eigenvalue weighted by molar-refractivity contribution is -0.141. The van der Waals surface area contributed by atoms with Crippen LogP contribution in [0.5, 0.6) is 0 Å². The molecule has 0 aromatic heterocycles. The summed E-state index contributed by atoms with van der Waals surface area (Å²) < 4.78 is 4.84. The highest BCUT2D eigenvalue weighted by Crippen LogP contribution is 2.09. The van der Waals surface area contributed by atoms with Crippen molar-refractivity contribution in [1.29, 1.82) is 0 Å². The topological polar surface area (TPSA) is 75.9 Å². The number of amides is 2. The van der Waals surface area contributed by atoms with E-state index in [1.165, 1.54) is 7.11 Å². The number of carbonyl (C=O) groups is 2. The average molecular weight is 291 g/mol. The van der Waals surface area contributed by atoms with E-state index in [1.807, 2.05) is 12.1 Å². The molecule has 1 heterocycles. The Morgan fingerprint density at radius 1 is 1.05 bits per heavy atom. The van der Waals surface area contributed by atoms with Gasteiger partial charge in [0.2, 0.25) is 11.8 Å². The summed E-state index contributed by atoms with van der Waals surface area (Å²) in [5.74, 6) is 0.0572. The summed E-state index contributed by atoms with van der Waals surface area (Å²) in [7, 11) is 1.50.